The lowest BCUT2D eigenvalue weighted by molar-refractivity contribution is 0.216. The molecule has 0 atom stereocenters. The van der Waals surface area contributed by atoms with Crippen molar-refractivity contribution in [2.24, 2.45) is 5.41 Å². The highest BCUT2D eigenvalue weighted by atomic mass is 28.4. The van der Waals surface area contributed by atoms with E-state index in [2.05, 4.69) is 101 Å². The first-order valence-electron chi connectivity index (χ1n) is 8.46. The average molecular weight is 337 g/mol. The normalized spacial score (nSPS) is 12.7. The first-order valence-corrected chi connectivity index (χ1v) is 10.4. The monoisotopic (exact) mass is 336 g/mol. The largest absolute Gasteiger partial charge is 0.406 e. The van der Waals surface area contributed by atoms with Crippen LogP contribution in [-0.4, -0.2) is 14.9 Å². The van der Waals surface area contributed by atoms with Crippen molar-refractivity contribution in [2.45, 2.75) is 39.7 Å². The summed E-state index contributed by atoms with van der Waals surface area (Å²) in [6.07, 6.45) is 5.71. The molecule has 0 saturated carbocycles. The SMILES string of the molecule is C#CC(C)(C)CO[Si](c1ccccc1)(c1ccccc1)C(C)(C)C. The van der Waals surface area contributed by atoms with E-state index in [0.29, 0.717) is 6.61 Å². The molecule has 0 saturated heterocycles. The third kappa shape index (κ3) is 3.64. The third-order valence-corrected chi connectivity index (χ3v) is 9.44. The van der Waals surface area contributed by atoms with Gasteiger partial charge >= 0.3 is 0 Å². The molecule has 24 heavy (non-hydrogen) atoms. The number of rotatable bonds is 5. The molecular weight excluding hydrogens is 308 g/mol. The van der Waals surface area contributed by atoms with E-state index in [9.17, 15) is 0 Å². The van der Waals surface area contributed by atoms with Crippen LogP contribution in [0.5, 0.6) is 0 Å². The zero-order valence-corrected chi connectivity index (χ0v) is 16.5. The molecule has 2 aromatic carbocycles. The van der Waals surface area contributed by atoms with Crippen LogP contribution in [0.2, 0.25) is 5.04 Å². The van der Waals surface area contributed by atoms with E-state index in [0.717, 1.165) is 0 Å². The quantitative estimate of drug-likeness (QED) is 0.587. The van der Waals surface area contributed by atoms with Gasteiger partial charge in [-0.2, -0.15) is 0 Å². The summed E-state index contributed by atoms with van der Waals surface area (Å²) in [4.78, 5) is 0. The molecule has 0 heterocycles. The maximum absolute atomic E-state index is 6.82. The summed E-state index contributed by atoms with van der Waals surface area (Å²) in [5, 5.41) is 2.56. The number of terminal acetylenes is 1. The Labute approximate surface area is 148 Å². The zero-order valence-electron chi connectivity index (χ0n) is 15.5. The molecule has 1 nitrogen and oxygen atoms in total. The first-order chi connectivity index (χ1) is 11.2. The van der Waals surface area contributed by atoms with Gasteiger partial charge in [-0.1, -0.05) is 87.4 Å². The molecular formula is C22H28OSi. The molecule has 0 spiro atoms. The van der Waals surface area contributed by atoms with Crippen LogP contribution in [0.3, 0.4) is 0 Å². The van der Waals surface area contributed by atoms with E-state index in [4.69, 9.17) is 10.8 Å². The van der Waals surface area contributed by atoms with Crippen LogP contribution in [-0.2, 0) is 4.43 Å². The molecule has 0 bridgehead atoms. The van der Waals surface area contributed by atoms with E-state index in [1.165, 1.54) is 10.4 Å². The van der Waals surface area contributed by atoms with Gasteiger partial charge < -0.3 is 4.43 Å². The predicted octanol–water partition coefficient (Wildman–Crippen LogP) is 4.22. The summed E-state index contributed by atoms with van der Waals surface area (Å²) < 4.78 is 6.82. The lowest BCUT2D eigenvalue weighted by atomic mass is 9.97. The summed E-state index contributed by atoms with van der Waals surface area (Å²) in [7, 11) is -2.47. The molecule has 0 N–H and O–H groups in total. The maximum Gasteiger partial charge on any atom is 0.261 e. The van der Waals surface area contributed by atoms with Gasteiger partial charge in [0.05, 0.1) is 6.61 Å². The van der Waals surface area contributed by atoms with Crippen LogP contribution in [0.15, 0.2) is 60.7 Å². The lowest BCUT2D eigenvalue weighted by Gasteiger charge is -2.44. The van der Waals surface area contributed by atoms with E-state index < -0.39 is 8.32 Å². The van der Waals surface area contributed by atoms with Crippen molar-refractivity contribution < 1.29 is 4.43 Å². The molecule has 0 fully saturated rings. The minimum Gasteiger partial charge on any atom is -0.406 e. The van der Waals surface area contributed by atoms with Gasteiger partial charge in [0.25, 0.3) is 8.32 Å². The molecule has 0 amide bonds. The van der Waals surface area contributed by atoms with Crippen LogP contribution in [0.25, 0.3) is 0 Å². The van der Waals surface area contributed by atoms with E-state index in [-0.39, 0.29) is 10.5 Å². The topological polar surface area (TPSA) is 9.23 Å². The molecule has 0 aromatic heterocycles. The second kappa shape index (κ2) is 6.97. The Balaban J connectivity index is 2.64. The zero-order chi connectivity index (χ0) is 17.8. The van der Waals surface area contributed by atoms with E-state index in [1.807, 2.05) is 0 Å². The Morgan fingerprint density at radius 2 is 1.25 bits per heavy atom. The fourth-order valence-corrected chi connectivity index (χ4v) is 7.82. The fourth-order valence-electron chi connectivity index (χ4n) is 3.09. The lowest BCUT2D eigenvalue weighted by Crippen LogP contribution is -2.67. The Bertz CT molecular complexity index is 651. The highest BCUT2D eigenvalue weighted by Crippen LogP contribution is 2.37. The second-order valence-corrected chi connectivity index (χ2v) is 12.3. The summed E-state index contributed by atoms with van der Waals surface area (Å²) in [5.41, 5.74) is -0.285. The van der Waals surface area contributed by atoms with Crippen molar-refractivity contribution in [1.82, 2.24) is 0 Å². The Kier molecular flexibility index (Phi) is 5.37. The van der Waals surface area contributed by atoms with Crippen LogP contribution in [0.4, 0.5) is 0 Å². The molecule has 2 aromatic rings. The van der Waals surface area contributed by atoms with E-state index in [1.54, 1.807) is 0 Å². The first kappa shape index (κ1) is 18.5. The van der Waals surface area contributed by atoms with Crippen molar-refractivity contribution in [3.05, 3.63) is 60.7 Å². The number of hydrogen-bond acceptors (Lipinski definition) is 1. The summed E-state index contributed by atoms with van der Waals surface area (Å²) in [5.74, 6) is 2.87. The third-order valence-electron chi connectivity index (χ3n) is 4.46. The predicted molar refractivity (Wildman–Crippen MR) is 106 cm³/mol. The smallest absolute Gasteiger partial charge is 0.261 e. The minimum atomic E-state index is -2.47. The summed E-state index contributed by atoms with van der Waals surface area (Å²) >= 11 is 0. The fraction of sp³-hybridized carbons (Fsp3) is 0.364. The molecule has 126 valence electrons. The van der Waals surface area contributed by atoms with Crippen molar-refractivity contribution in [2.75, 3.05) is 6.61 Å². The summed E-state index contributed by atoms with van der Waals surface area (Å²) in [6, 6.07) is 21.3. The standard InChI is InChI=1S/C22H28OSi/c1-7-22(5,6)18-23-24(21(2,3)4,19-14-10-8-11-15-19)20-16-12-9-13-17-20/h1,8-17H,18H2,2-6H3. The number of hydrogen-bond donors (Lipinski definition) is 0. The van der Waals surface area contributed by atoms with Gasteiger partial charge in [-0.05, 0) is 29.3 Å². The van der Waals surface area contributed by atoms with Crippen LogP contribution in [0.1, 0.15) is 34.6 Å². The van der Waals surface area contributed by atoms with Crippen molar-refractivity contribution in [3.8, 4) is 12.3 Å². The molecule has 2 rings (SSSR count). The van der Waals surface area contributed by atoms with E-state index >= 15 is 0 Å². The van der Waals surface area contributed by atoms with Crippen LogP contribution < -0.4 is 10.4 Å². The Hall–Kier alpha value is -1.82. The number of benzene rings is 2. The average Bonchev–Trinajstić information content (AvgIpc) is 2.56. The van der Waals surface area contributed by atoms with Crippen LogP contribution in [0, 0.1) is 17.8 Å². The highest BCUT2D eigenvalue weighted by molar-refractivity contribution is 6.99. The molecule has 0 aliphatic rings. The van der Waals surface area contributed by atoms with Gasteiger partial charge in [-0.15, -0.1) is 6.42 Å². The Morgan fingerprint density at radius 1 is 0.833 bits per heavy atom. The molecule has 2 heteroatoms. The maximum atomic E-state index is 6.82. The minimum absolute atomic E-state index is 0.0135. The van der Waals surface area contributed by atoms with Gasteiger partial charge in [-0.25, -0.2) is 0 Å². The van der Waals surface area contributed by atoms with Crippen LogP contribution >= 0.6 is 0 Å². The van der Waals surface area contributed by atoms with Crippen molar-refractivity contribution >= 4 is 18.7 Å². The highest BCUT2D eigenvalue weighted by Gasteiger charge is 2.50. The molecule has 0 aliphatic heterocycles. The van der Waals surface area contributed by atoms with Gasteiger partial charge in [0.2, 0.25) is 0 Å². The summed E-state index contributed by atoms with van der Waals surface area (Å²) in [6.45, 7) is 11.5. The second-order valence-electron chi connectivity index (χ2n) is 7.98. The van der Waals surface area contributed by atoms with Gasteiger partial charge in [0, 0.05) is 5.41 Å². The van der Waals surface area contributed by atoms with Gasteiger partial charge in [0.15, 0.2) is 0 Å². The Morgan fingerprint density at radius 3 is 1.58 bits per heavy atom. The molecule has 0 radical (unpaired) electrons. The van der Waals surface area contributed by atoms with Gasteiger partial charge in [0.1, 0.15) is 0 Å². The van der Waals surface area contributed by atoms with Gasteiger partial charge in [-0.3, -0.25) is 0 Å². The molecule has 0 aliphatic carbocycles. The molecule has 0 unspecified atom stereocenters. The van der Waals surface area contributed by atoms with Crippen molar-refractivity contribution in [3.63, 3.8) is 0 Å². The van der Waals surface area contributed by atoms with Crippen molar-refractivity contribution in [1.29, 1.82) is 0 Å².